The molecule has 0 saturated carbocycles. The Morgan fingerprint density at radius 3 is 2.35 bits per heavy atom. The number of pyridine rings is 1. The summed E-state index contributed by atoms with van der Waals surface area (Å²) in [4.78, 5) is 29.4. The van der Waals surface area contributed by atoms with Crippen LogP contribution in [0, 0.1) is 5.92 Å². The quantitative estimate of drug-likeness (QED) is 0.234. The Balaban J connectivity index is 1.37. The minimum atomic E-state index is -2.28. The lowest BCUT2D eigenvalue weighted by molar-refractivity contribution is -0.146. The lowest BCUT2D eigenvalue weighted by Crippen LogP contribution is -2.51. The van der Waals surface area contributed by atoms with Crippen LogP contribution in [0.25, 0.3) is 5.69 Å². The van der Waals surface area contributed by atoms with E-state index in [1.54, 1.807) is 36.4 Å². The van der Waals surface area contributed by atoms with E-state index in [0.717, 1.165) is 22.6 Å². The molecule has 0 aliphatic carbocycles. The highest BCUT2D eigenvalue weighted by Crippen LogP contribution is 2.60. The largest absolute Gasteiger partial charge is 0.497 e. The van der Waals surface area contributed by atoms with Gasteiger partial charge in [0.05, 0.1) is 40.6 Å². The van der Waals surface area contributed by atoms with E-state index in [2.05, 4.69) is 32.2 Å². The number of carbonyl (C=O) groups excluding carboxylic acids is 1. The van der Waals surface area contributed by atoms with Crippen molar-refractivity contribution in [1.82, 2.24) is 4.57 Å². The summed E-state index contributed by atoms with van der Waals surface area (Å²) in [6.45, 7) is 7.02. The molecule has 4 atom stereocenters. The summed E-state index contributed by atoms with van der Waals surface area (Å²) in [6.07, 6.45) is 1.81. The topological polar surface area (TPSA) is 90.2 Å². The van der Waals surface area contributed by atoms with Gasteiger partial charge in [-0.05, 0) is 72.1 Å². The number of hydrogen-bond donors (Lipinski definition) is 1. The lowest BCUT2D eigenvalue weighted by Gasteiger charge is -2.37. The molecule has 1 spiro atoms. The molecule has 0 radical (unpaired) electrons. The fraction of sp³-hybridized carbons (Fsp3) is 0.333. The number of methoxy groups -OCH3 is 2. The van der Waals surface area contributed by atoms with Gasteiger partial charge in [-0.25, -0.2) is 0 Å². The van der Waals surface area contributed by atoms with Gasteiger partial charge in [0.2, 0.25) is 0 Å². The predicted octanol–water partition coefficient (Wildman–Crippen LogP) is 5.65. The van der Waals surface area contributed by atoms with Gasteiger partial charge in [-0.2, -0.15) is 0 Å². The Morgan fingerprint density at radius 1 is 0.978 bits per heavy atom. The van der Waals surface area contributed by atoms with Crippen LogP contribution in [0.1, 0.15) is 24.5 Å². The molecule has 2 aliphatic heterocycles. The van der Waals surface area contributed by atoms with Crippen LogP contribution >= 0.6 is 11.6 Å². The van der Waals surface area contributed by atoms with E-state index in [0.29, 0.717) is 23.7 Å². The number of halogens is 1. The molecule has 1 amide bonds. The molecule has 46 heavy (non-hydrogen) atoms. The molecule has 3 heterocycles. The number of anilines is 1. The van der Waals surface area contributed by atoms with Gasteiger partial charge in [0.1, 0.15) is 5.75 Å². The fourth-order valence-corrected chi connectivity index (χ4v) is 11.8. The predicted molar refractivity (Wildman–Crippen MR) is 183 cm³/mol. The fourth-order valence-electron chi connectivity index (χ4n) is 7.62. The summed E-state index contributed by atoms with van der Waals surface area (Å²) in [6, 6.07) is 24.7. The van der Waals surface area contributed by atoms with E-state index in [1.807, 2.05) is 48.5 Å². The molecule has 3 aromatic carbocycles. The molecule has 1 fully saturated rings. The number of benzene rings is 3. The van der Waals surface area contributed by atoms with Crippen molar-refractivity contribution >= 4 is 36.5 Å². The summed E-state index contributed by atoms with van der Waals surface area (Å²) in [5.41, 5.74) is 1.66. The number of nitrogens with zero attached hydrogens (tertiary/aromatic N) is 2. The van der Waals surface area contributed by atoms with Gasteiger partial charge in [-0.15, -0.1) is 0 Å². The van der Waals surface area contributed by atoms with E-state index < -0.39 is 13.7 Å². The molecule has 2 aliphatic rings. The van der Waals surface area contributed by atoms with Crippen molar-refractivity contribution in [1.29, 1.82) is 0 Å². The molecule has 0 bridgehead atoms. The van der Waals surface area contributed by atoms with Crippen molar-refractivity contribution in [2.45, 2.75) is 50.2 Å². The molecule has 6 rings (SSSR count). The average molecular weight is 659 g/mol. The van der Waals surface area contributed by atoms with Gasteiger partial charge >= 0.3 is 0 Å². The van der Waals surface area contributed by atoms with Crippen LogP contribution in [0.15, 0.2) is 89.9 Å². The van der Waals surface area contributed by atoms with Crippen molar-refractivity contribution in [2.75, 3.05) is 25.7 Å². The lowest BCUT2D eigenvalue weighted by atomic mass is 9.82. The second-order valence-corrected chi connectivity index (χ2v) is 17.8. The zero-order valence-electron chi connectivity index (χ0n) is 26.7. The average Bonchev–Trinajstić information content (AvgIpc) is 3.48. The van der Waals surface area contributed by atoms with Gasteiger partial charge in [-0.1, -0.05) is 61.1 Å². The number of carbonyl (C=O) groups is 1. The van der Waals surface area contributed by atoms with E-state index in [4.69, 9.17) is 25.8 Å². The Kier molecular flexibility index (Phi) is 8.62. The number of aliphatic hydroxyl groups is 1. The third kappa shape index (κ3) is 5.15. The zero-order valence-corrected chi connectivity index (χ0v) is 28.5. The van der Waals surface area contributed by atoms with Crippen LogP contribution in [0.2, 0.25) is 23.7 Å². The monoisotopic (exact) mass is 658 g/mol. The summed E-state index contributed by atoms with van der Waals surface area (Å²) in [7, 11) is 0.845. The van der Waals surface area contributed by atoms with E-state index in [1.165, 1.54) is 16.9 Å². The van der Waals surface area contributed by atoms with Crippen molar-refractivity contribution in [3.05, 3.63) is 112 Å². The van der Waals surface area contributed by atoms with Crippen molar-refractivity contribution in [2.24, 2.45) is 5.92 Å². The van der Waals surface area contributed by atoms with Crippen LogP contribution in [0.3, 0.4) is 0 Å². The summed E-state index contributed by atoms with van der Waals surface area (Å²) >= 11 is 6.58. The first-order valence-corrected chi connectivity index (χ1v) is 18.9. The Labute approximate surface area is 275 Å². The summed E-state index contributed by atoms with van der Waals surface area (Å²) in [5.74, 6) is 0.734. The second-order valence-electron chi connectivity index (χ2n) is 12.6. The minimum Gasteiger partial charge on any atom is -0.497 e. The molecular formula is C36H39ClN2O6Si. The first kappa shape index (κ1) is 32.1. The van der Waals surface area contributed by atoms with Gasteiger partial charge in [0.15, 0.2) is 11.4 Å². The molecule has 0 unspecified atom stereocenters. The highest BCUT2D eigenvalue weighted by molar-refractivity contribution is 6.91. The highest BCUT2D eigenvalue weighted by Gasteiger charge is 2.66. The van der Waals surface area contributed by atoms with E-state index >= 15 is 0 Å². The maximum absolute atomic E-state index is 14.8. The van der Waals surface area contributed by atoms with Gasteiger partial charge in [0, 0.05) is 35.0 Å². The number of hydrogen-bond acceptors (Lipinski definition) is 6. The Bertz CT molecular complexity index is 1810. The Hall–Kier alpha value is -3.89. The number of fused-ring (bicyclic) bond motifs is 2. The van der Waals surface area contributed by atoms with Gasteiger partial charge < -0.3 is 24.2 Å². The molecule has 240 valence electrons. The number of aliphatic hydroxyl groups excluding tert-OH is 1. The molecule has 10 heteroatoms. The van der Waals surface area contributed by atoms with E-state index in [9.17, 15) is 14.7 Å². The van der Waals surface area contributed by atoms with Gasteiger partial charge in [0.25, 0.3) is 11.5 Å². The van der Waals surface area contributed by atoms with Crippen molar-refractivity contribution in [3.8, 4) is 17.2 Å². The highest BCUT2D eigenvalue weighted by atomic mass is 35.5. The standard InChI is InChI=1S/C36H39ClN2O6Si/c1-23-33(46(4,5)28-15-13-27(43-2)14-16-28)31(18-20-40)45-36(23)29-21-25(37)10-17-30(29)39(35(36)42)22-24-8-11-26(12-9-24)38-19-6-7-32(44-3)34(38)41/h6-17,19,21,23,31,33,40H,18,20,22H2,1-5H3/t23-,31+,33-,36+/m1/s1. The maximum atomic E-state index is 14.8. The maximum Gasteiger partial charge on any atom is 0.297 e. The van der Waals surface area contributed by atoms with Crippen LogP contribution in [0.5, 0.6) is 11.5 Å². The van der Waals surface area contributed by atoms with Crippen LogP contribution in [-0.4, -0.2) is 50.6 Å². The molecule has 8 nitrogen and oxygen atoms in total. The Morgan fingerprint density at radius 2 is 1.70 bits per heavy atom. The third-order valence-corrected chi connectivity index (χ3v) is 14.5. The van der Waals surface area contributed by atoms with E-state index in [-0.39, 0.29) is 41.4 Å². The number of ether oxygens (including phenoxy) is 3. The smallest absolute Gasteiger partial charge is 0.297 e. The normalized spacial score (nSPS) is 22.4. The molecule has 4 aromatic rings. The number of aromatic nitrogens is 1. The SMILES string of the molecule is COc1ccc([Si](C)(C)[C@H]2[C@H](CCO)O[C@@]3(C(=O)N(Cc4ccc(-n5cccc(OC)c5=O)cc4)c4ccc(Cl)cc43)[C@@H]2C)cc1. The molecule has 1 saturated heterocycles. The van der Waals surface area contributed by atoms with Crippen molar-refractivity contribution in [3.63, 3.8) is 0 Å². The van der Waals surface area contributed by atoms with Crippen LogP contribution in [0.4, 0.5) is 5.69 Å². The number of amides is 1. The van der Waals surface area contributed by atoms with Crippen molar-refractivity contribution < 1.29 is 24.1 Å². The first-order chi connectivity index (χ1) is 22.1. The summed E-state index contributed by atoms with van der Waals surface area (Å²) < 4.78 is 19.1. The molecule has 1 aromatic heterocycles. The second kappa shape index (κ2) is 12.4. The number of rotatable bonds is 9. The zero-order chi connectivity index (χ0) is 32.8. The molecular weight excluding hydrogens is 620 g/mol. The van der Waals surface area contributed by atoms with Gasteiger partial charge in [-0.3, -0.25) is 14.2 Å². The minimum absolute atomic E-state index is 0.0317. The van der Waals surface area contributed by atoms with Crippen LogP contribution < -0.4 is 25.1 Å². The first-order valence-electron chi connectivity index (χ1n) is 15.5. The molecule has 1 N–H and O–H groups in total. The third-order valence-electron chi connectivity index (χ3n) is 9.90. The van der Waals surface area contributed by atoms with Crippen LogP contribution in [-0.2, 0) is 21.7 Å². The summed E-state index contributed by atoms with van der Waals surface area (Å²) in [5, 5.41) is 11.9.